The Morgan fingerprint density at radius 2 is 1.37 bits per heavy atom. The molecule has 154 valence electrons. The summed E-state index contributed by atoms with van der Waals surface area (Å²) in [6, 6.07) is 3.97. The topological polar surface area (TPSA) is 43.4 Å². The molecule has 0 saturated heterocycles. The van der Waals surface area contributed by atoms with Crippen LogP contribution in [0.1, 0.15) is 5.56 Å². The van der Waals surface area contributed by atoms with Gasteiger partial charge >= 0.3 is 33.4 Å². The van der Waals surface area contributed by atoms with Crippen LogP contribution in [0.5, 0.6) is 5.75 Å². The Morgan fingerprint density at radius 3 is 1.81 bits per heavy atom. The van der Waals surface area contributed by atoms with Crippen LogP contribution in [0.15, 0.2) is 27.7 Å². The van der Waals surface area contributed by atoms with Crippen LogP contribution in [-0.4, -0.2) is 31.7 Å². The van der Waals surface area contributed by atoms with Gasteiger partial charge in [-0.15, -0.1) is 0 Å². The summed E-state index contributed by atoms with van der Waals surface area (Å²) in [7, 11) is -7.00. The lowest BCUT2D eigenvalue weighted by molar-refractivity contribution is -0.382. The van der Waals surface area contributed by atoms with Crippen molar-refractivity contribution in [1.82, 2.24) is 0 Å². The maximum atomic E-state index is 13.6. The predicted octanol–water partition coefficient (Wildman–Crippen LogP) is 5.91. The van der Waals surface area contributed by atoms with Gasteiger partial charge in [0.1, 0.15) is 5.75 Å². The number of alkyl halides is 9. The summed E-state index contributed by atoms with van der Waals surface area (Å²) in [6.07, 6.45) is -6.15. The third-order valence-electron chi connectivity index (χ3n) is 2.81. The van der Waals surface area contributed by atoms with Crippen molar-refractivity contribution >= 4 is 48.1 Å². The van der Waals surface area contributed by atoms with Gasteiger partial charge in [-0.05, 0) is 44.0 Å². The van der Waals surface area contributed by atoms with E-state index in [0.29, 0.717) is 6.07 Å². The molecular weight excluding hydrogens is 555 g/mol. The Balaban J connectivity index is 3.46. The molecule has 0 bridgehead atoms. The minimum Gasteiger partial charge on any atom is -0.377 e. The van der Waals surface area contributed by atoms with Crippen LogP contribution in [0.4, 0.5) is 39.5 Å². The average Bonchev–Trinajstić information content (AvgIpc) is 2.46. The van der Waals surface area contributed by atoms with Crippen molar-refractivity contribution in [2.75, 3.05) is 0 Å². The van der Waals surface area contributed by atoms with Gasteiger partial charge < -0.3 is 4.18 Å². The van der Waals surface area contributed by atoms with Crippen LogP contribution in [-0.2, 0) is 10.1 Å². The monoisotopic (exact) mass is 558 g/mol. The first-order valence-electron chi connectivity index (χ1n) is 6.14. The van der Waals surface area contributed by atoms with E-state index in [1.54, 1.807) is 0 Å². The van der Waals surface area contributed by atoms with Crippen molar-refractivity contribution in [3.8, 4) is 5.75 Å². The van der Waals surface area contributed by atoms with Gasteiger partial charge in [0.15, 0.2) is 0 Å². The molecule has 0 aliphatic carbocycles. The van der Waals surface area contributed by atoms with Crippen LogP contribution >= 0.6 is 31.9 Å². The van der Waals surface area contributed by atoms with Crippen molar-refractivity contribution in [3.05, 3.63) is 33.2 Å². The summed E-state index contributed by atoms with van der Waals surface area (Å²) in [5.74, 6) is -15.8. The molecule has 0 N–H and O–H groups in total. The lowest BCUT2D eigenvalue weighted by Gasteiger charge is -2.32. The summed E-state index contributed by atoms with van der Waals surface area (Å²) in [6.45, 7) is 0. The standard InChI is InChI=1S/C12H5Br2F9O3S/c13-8(14)5-6-3-1-2-4-7(6)26-27(24,25)12(22,23)10(17,18)9(15,16)11(19,20)21/h1-5H. The molecule has 0 spiro atoms. The number of benzene rings is 1. The zero-order chi connectivity index (χ0) is 21.5. The summed E-state index contributed by atoms with van der Waals surface area (Å²) in [5.41, 5.74) is -0.313. The van der Waals surface area contributed by atoms with Gasteiger partial charge in [0.25, 0.3) is 0 Å². The van der Waals surface area contributed by atoms with E-state index in [0.717, 1.165) is 18.2 Å². The van der Waals surface area contributed by atoms with Gasteiger partial charge in [0.2, 0.25) is 0 Å². The van der Waals surface area contributed by atoms with Crippen LogP contribution in [0.25, 0.3) is 6.08 Å². The van der Waals surface area contributed by atoms with Gasteiger partial charge in [-0.1, -0.05) is 18.2 Å². The molecule has 0 fully saturated rings. The van der Waals surface area contributed by atoms with E-state index < -0.39 is 39.1 Å². The molecule has 0 saturated carbocycles. The molecular formula is C12H5Br2F9O3S. The SMILES string of the molecule is O=S(=O)(Oc1ccccc1C=C(Br)Br)C(F)(F)C(F)(F)C(F)(F)C(F)(F)F. The molecule has 0 aromatic heterocycles. The molecule has 0 atom stereocenters. The van der Waals surface area contributed by atoms with E-state index in [1.165, 1.54) is 6.07 Å². The fourth-order valence-corrected chi connectivity index (χ4v) is 2.91. The fraction of sp³-hybridized carbons (Fsp3) is 0.333. The average molecular weight is 560 g/mol. The molecule has 0 aliphatic rings. The molecule has 1 aromatic carbocycles. The van der Waals surface area contributed by atoms with Crippen molar-refractivity contribution < 1.29 is 52.1 Å². The molecule has 3 nitrogen and oxygen atoms in total. The highest BCUT2D eigenvalue weighted by atomic mass is 79.9. The molecule has 0 heterocycles. The first-order chi connectivity index (χ1) is 11.9. The van der Waals surface area contributed by atoms with Crippen LogP contribution in [0.2, 0.25) is 0 Å². The van der Waals surface area contributed by atoms with Crippen LogP contribution in [0.3, 0.4) is 0 Å². The van der Waals surface area contributed by atoms with E-state index >= 15 is 0 Å². The van der Waals surface area contributed by atoms with E-state index in [4.69, 9.17) is 0 Å². The Kier molecular flexibility index (Phi) is 6.65. The lowest BCUT2D eigenvalue weighted by atomic mass is 10.1. The third-order valence-corrected chi connectivity index (χ3v) is 4.55. The predicted molar refractivity (Wildman–Crippen MR) is 82.7 cm³/mol. The van der Waals surface area contributed by atoms with Gasteiger partial charge in [-0.3, -0.25) is 0 Å². The second-order valence-corrected chi connectivity index (χ2v) is 9.03. The Morgan fingerprint density at radius 1 is 0.889 bits per heavy atom. The molecule has 1 aromatic rings. The third kappa shape index (κ3) is 4.39. The van der Waals surface area contributed by atoms with Crippen LogP contribution in [0, 0.1) is 0 Å². The van der Waals surface area contributed by atoms with Crippen molar-refractivity contribution in [2.24, 2.45) is 0 Å². The van der Waals surface area contributed by atoms with Gasteiger partial charge in [0.05, 0.1) is 3.39 Å². The van der Waals surface area contributed by atoms with E-state index in [9.17, 15) is 47.9 Å². The number of halogens is 11. The summed E-state index contributed by atoms with van der Waals surface area (Å²) in [4.78, 5) is 0. The summed E-state index contributed by atoms with van der Waals surface area (Å²) >= 11 is 5.65. The Labute approximate surface area is 162 Å². The lowest BCUT2D eigenvalue weighted by Crippen LogP contribution is -2.63. The first-order valence-corrected chi connectivity index (χ1v) is 9.14. The van der Waals surface area contributed by atoms with Crippen molar-refractivity contribution in [2.45, 2.75) is 23.3 Å². The quantitative estimate of drug-likeness (QED) is 0.321. The van der Waals surface area contributed by atoms with Crippen molar-refractivity contribution in [1.29, 1.82) is 0 Å². The van der Waals surface area contributed by atoms with Gasteiger partial charge in [-0.2, -0.15) is 47.9 Å². The minimum absolute atomic E-state index is 0.101. The second kappa shape index (κ2) is 7.46. The van der Waals surface area contributed by atoms with Crippen molar-refractivity contribution in [3.63, 3.8) is 0 Å². The smallest absolute Gasteiger partial charge is 0.377 e. The minimum atomic E-state index is -7.36. The van der Waals surface area contributed by atoms with E-state index in [-0.39, 0.29) is 8.96 Å². The normalized spacial score (nSPS) is 14.0. The Hall–Kier alpha value is -0.960. The number of hydrogen-bond donors (Lipinski definition) is 0. The fourth-order valence-electron chi connectivity index (χ4n) is 1.48. The number of para-hydroxylation sites is 1. The maximum Gasteiger partial charge on any atom is 0.460 e. The van der Waals surface area contributed by atoms with E-state index in [2.05, 4.69) is 36.0 Å². The molecule has 0 unspecified atom stereocenters. The number of rotatable bonds is 6. The zero-order valence-corrected chi connectivity index (χ0v) is 16.2. The Bertz CT molecular complexity index is 831. The molecule has 15 heteroatoms. The van der Waals surface area contributed by atoms with Gasteiger partial charge in [-0.25, -0.2) is 0 Å². The second-order valence-electron chi connectivity index (χ2n) is 4.67. The maximum absolute atomic E-state index is 13.6. The molecule has 1 rings (SSSR count). The molecule has 0 amide bonds. The number of hydrogen-bond acceptors (Lipinski definition) is 3. The highest BCUT2D eigenvalue weighted by Gasteiger charge is 2.86. The first kappa shape index (κ1) is 24.1. The highest BCUT2D eigenvalue weighted by Crippen LogP contribution is 2.55. The molecule has 0 radical (unpaired) electrons. The summed E-state index contributed by atoms with van der Waals surface area (Å²) in [5, 5.41) is -6.93. The largest absolute Gasteiger partial charge is 0.460 e. The highest BCUT2D eigenvalue weighted by molar-refractivity contribution is 9.28. The summed E-state index contributed by atoms with van der Waals surface area (Å²) < 4.78 is 142. The molecule has 27 heavy (non-hydrogen) atoms. The molecule has 0 aliphatic heterocycles. The van der Waals surface area contributed by atoms with E-state index in [1.807, 2.05) is 0 Å². The zero-order valence-electron chi connectivity index (χ0n) is 12.2. The van der Waals surface area contributed by atoms with Gasteiger partial charge in [0, 0.05) is 5.56 Å². The van der Waals surface area contributed by atoms with Crippen LogP contribution < -0.4 is 4.18 Å².